The Morgan fingerprint density at radius 1 is 1.42 bits per heavy atom. The van der Waals surface area contributed by atoms with Crippen LogP contribution in [0.3, 0.4) is 0 Å². The first-order valence-corrected chi connectivity index (χ1v) is 6.29. The highest BCUT2D eigenvalue weighted by Crippen LogP contribution is 2.21. The van der Waals surface area contributed by atoms with E-state index in [9.17, 15) is 4.79 Å². The molecular weight excluding hydrogens is 238 g/mol. The zero-order chi connectivity index (χ0) is 14.0. The van der Waals surface area contributed by atoms with Crippen LogP contribution in [0.5, 0.6) is 0 Å². The van der Waals surface area contributed by atoms with Gasteiger partial charge < -0.3 is 10.3 Å². The van der Waals surface area contributed by atoms with E-state index in [2.05, 4.69) is 22.4 Å². The fraction of sp³-hybridized carbons (Fsp3) is 0.333. The fourth-order valence-electron chi connectivity index (χ4n) is 2.11. The Bertz CT molecular complexity index is 664. The second-order valence-electron chi connectivity index (χ2n) is 4.97. The number of hydrogen-bond acceptors (Lipinski definition) is 2. The number of aryl methyl sites for hydroxylation is 2. The summed E-state index contributed by atoms with van der Waals surface area (Å²) in [5, 5.41) is 12.5. The number of benzene rings is 1. The predicted molar refractivity (Wildman–Crippen MR) is 74.9 cm³/mol. The lowest BCUT2D eigenvalue weighted by molar-refractivity contribution is 0.0946. The summed E-state index contributed by atoms with van der Waals surface area (Å²) < 4.78 is 0. The molecule has 19 heavy (non-hydrogen) atoms. The van der Waals surface area contributed by atoms with Crippen LogP contribution in [0.4, 0.5) is 0 Å². The Balaban J connectivity index is 2.24. The Morgan fingerprint density at radius 2 is 2.16 bits per heavy atom. The number of nitrogens with one attached hydrogen (secondary N) is 2. The van der Waals surface area contributed by atoms with Gasteiger partial charge in [0.05, 0.1) is 12.0 Å². The van der Waals surface area contributed by atoms with Crippen LogP contribution in [0.1, 0.15) is 28.5 Å². The number of nitrogens with zero attached hydrogens (tertiary/aromatic N) is 1. The third kappa shape index (κ3) is 2.76. The second-order valence-corrected chi connectivity index (χ2v) is 4.97. The van der Waals surface area contributed by atoms with E-state index in [-0.39, 0.29) is 11.8 Å². The molecule has 4 nitrogen and oxygen atoms in total. The maximum absolute atomic E-state index is 12.0. The van der Waals surface area contributed by atoms with Gasteiger partial charge in [0.15, 0.2) is 0 Å². The normalized spacial score (nSPS) is 12.1. The summed E-state index contributed by atoms with van der Waals surface area (Å²) in [7, 11) is 0. The van der Waals surface area contributed by atoms with Crippen molar-refractivity contribution in [3.8, 4) is 6.07 Å². The number of rotatable bonds is 3. The van der Waals surface area contributed by atoms with Gasteiger partial charge in [-0.05, 0) is 44.0 Å². The van der Waals surface area contributed by atoms with E-state index in [4.69, 9.17) is 5.26 Å². The highest BCUT2D eigenvalue weighted by atomic mass is 16.1. The van der Waals surface area contributed by atoms with Crippen LogP contribution >= 0.6 is 0 Å². The molecule has 0 saturated heterocycles. The molecule has 1 atom stereocenters. The zero-order valence-electron chi connectivity index (χ0n) is 11.4. The number of H-pyrrole nitrogens is 1. The number of carbonyl (C=O) groups excluding carboxylic acids is 1. The van der Waals surface area contributed by atoms with Crippen molar-refractivity contribution >= 4 is 16.8 Å². The van der Waals surface area contributed by atoms with Crippen LogP contribution in [0.2, 0.25) is 0 Å². The molecule has 0 aliphatic heterocycles. The van der Waals surface area contributed by atoms with Crippen LogP contribution < -0.4 is 5.32 Å². The summed E-state index contributed by atoms with van der Waals surface area (Å²) in [6, 6.07) is 8.07. The maximum atomic E-state index is 12.0. The van der Waals surface area contributed by atoms with Crippen LogP contribution in [-0.2, 0) is 0 Å². The average Bonchev–Trinajstić information content (AvgIpc) is 2.79. The van der Waals surface area contributed by atoms with Crippen molar-refractivity contribution in [2.75, 3.05) is 6.54 Å². The van der Waals surface area contributed by atoms with E-state index in [0.29, 0.717) is 12.2 Å². The minimum Gasteiger partial charge on any atom is -0.351 e. The van der Waals surface area contributed by atoms with E-state index < -0.39 is 0 Å². The van der Waals surface area contributed by atoms with Gasteiger partial charge in [0.25, 0.3) is 5.91 Å². The molecule has 1 aromatic heterocycles. The zero-order valence-corrected chi connectivity index (χ0v) is 11.4. The first-order valence-electron chi connectivity index (χ1n) is 6.29. The van der Waals surface area contributed by atoms with E-state index in [1.165, 1.54) is 0 Å². The smallest absolute Gasteiger partial charge is 0.267 e. The molecule has 0 fully saturated rings. The van der Waals surface area contributed by atoms with Crippen molar-refractivity contribution in [3.05, 3.63) is 35.0 Å². The number of nitriles is 1. The quantitative estimate of drug-likeness (QED) is 0.885. The lowest BCUT2D eigenvalue weighted by Gasteiger charge is -2.03. The van der Waals surface area contributed by atoms with Gasteiger partial charge in [-0.15, -0.1) is 0 Å². The van der Waals surface area contributed by atoms with Gasteiger partial charge in [-0.2, -0.15) is 5.26 Å². The van der Waals surface area contributed by atoms with E-state index >= 15 is 0 Å². The van der Waals surface area contributed by atoms with Crippen molar-refractivity contribution in [2.45, 2.75) is 20.8 Å². The second kappa shape index (κ2) is 5.15. The summed E-state index contributed by atoms with van der Waals surface area (Å²) in [4.78, 5) is 15.1. The molecule has 0 saturated carbocycles. The Hall–Kier alpha value is -2.28. The summed E-state index contributed by atoms with van der Waals surface area (Å²) in [5.74, 6) is -0.354. The number of carbonyl (C=O) groups is 1. The number of amides is 1. The molecule has 1 aromatic carbocycles. The average molecular weight is 255 g/mol. The highest BCUT2D eigenvalue weighted by molar-refractivity contribution is 5.98. The van der Waals surface area contributed by atoms with Crippen LogP contribution in [0.25, 0.3) is 10.9 Å². The monoisotopic (exact) mass is 255 g/mol. The molecule has 0 radical (unpaired) electrons. The maximum Gasteiger partial charge on any atom is 0.267 e. The Morgan fingerprint density at radius 3 is 2.84 bits per heavy atom. The standard InChI is InChI=1S/C15H17N3O/c1-9-4-11(3)12-6-14(18-13(12)5-9)15(19)17-8-10(2)7-16/h4-6,10,18H,8H2,1-3H3,(H,17,19). The molecule has 1 amide bonds. The number of fused-ring (bicyclic) bond motifs is 1. The molecule has 2 aromatic rings. The molecular formula is C15H17N3O. The molecule has 0 aliphatic carbocycles. The lowest BCUT2D eigenvalue weighted by Crippen LogP contribution is -2.27. The van der Waals surface area contributed by atoms with Crippen LogP contribution in [0.15, 0.2) is 18.2 Å². The molecule has 1 heterocycles. The van der Waals surface area contributed by atoms with Gasteiger partial charge in [-0.25, -0.2) is 0 Å². The fourth-order valence-corrected chi connectivity index (χ4v) is 2.11. The van der Waals surface area contributed by atoms with Crippen molar-refractivity contribution in [1.82, 2.24) is 10.3 Å². The van der Waals surface area contributed by atoms with Crippen LogP contribution in [-0.4, -0.2) is 17.4 Å². The highest BCUT2D eigenvalue weighted by Gasteiger charge is 2.11. The van der Waals surface area contributed by atoms with Gasteiger partial charge in [0.2, 0.25) is 0 Å². The summed E-state index contributed by atoms with van der Waals surface area (Å²) in [6.45, 7) is 6.20. The third-order valence-corrected chi connectivity index (χ3v) is 3.12. The molecule has 98 valence electrons. The first kappa shape index (κ1) is 13.2. The molecule has 4 heteroatoms. The van der Waals surface area contributed by atoms with Gasteiger partial charge >= 0.3 is 0 Å². The minimum atomic E-state index is -0.183. The number of aromatic nitrogens is 1. The van der Waals surface area contributed by atoms with Gasteiger partial charge in [-0.1, -0.05) is 6.07 Å². The molecule has 2 rings (SSSR count). The van der Waals surface area contributed by atoms with E-state index in [1.54, 1.807) is 6.92 Å². The molecule has 0 spiro atoms. The molecule has 1 unspecified atom stereocenters. The molecule has 0 bridgehead atoms. The van der Waals surface area contributed by atoms with Crippen molar-refractivity contribution in [1.29, 1.82) is 5.26 Å². The van der Waals surface area contributed by atoms with Gasteiger partial charge in [0, 0.05) is 17.4 Å². The van der Waals surface area contributed by atoms with Crippen molar-refractivity contribution in [3.63, 3.8) is 0 Å². The molecule has 0 aliphatic rings. The van der Waals surface area contributed by atoms with Crippen LogP contribution in [0, 0.1) is 31.1 Å². The van der Waals surface area contributed by atoms with Gasteiger partial charge in [0.1, 0.15) is 5.69 Å². The topological polar surface area (TPSA) is 68.7 Å². The summed E-state index contributed by atoms with van der Waals surface area (Å²) in [6.07, 6.45) is 0. The largest absolute Gasteiger partial charge is 0.351 e. The summed E-state index contributed by atoms with van der Waals surface area (Å²) >= 11 is 0. The van der Waals surface area contributed by atoms with Gasteiger partial charge in [-0.3, -0.25) is 4.79 Å². The summed E-state index contributed by atoms with van der Waals surface area (Å²) in [5.41, 5.74) is 3.82. The Kier molecular flexibility index (Phi) is 3.57. The first-order chi connectivity index (χ1) is 9.01. The number of aromatic amines is 1. The third-order valence-electron chi connectivity index (χ3n) is 3.12. The van der Waals surface area contributed by atoms with Crippen molar-refractivity contribution in [2.24, 2.45) is 5.92 Å². The number of hydrogen-bond donors (Lipinski definition) is 2. The van der Waals surface area contributed by atoms with E-state index in [0.717, 1.165) is 22.0 Å². The predicted octanol–water partition coefficient (Wildman–Crippen LogP) is 2.67. The SMILES string of the molecule is Cc1cc(C)c2cc(C(=O)NCC(C)C#N)[nH]c2c1. The Labute approximate surface area is 112 Å². The minimum absolute atomic E-state index is 0.171. The van der Waals surface area contributed by atoms with E-state index in [1.807, 2.05) is 26.0 Å². The molecule has 2 N–H and O–H groups in total. The lowest BCUT2D eigenvalue weighted by atomic mass is 10.1. The van der Waals surface area contributed by atoms with Crippen molar-refractivity contribution < 1.29 is 4.79 Å².